The van der Waals surface area contributed by atoms with Crippen molar-refractivity contribution in [2.24, 2.45) is 0 Å². The number of halogens is 2. The zero-order chi connectivity index (χ0) is 53.1. The molecule has 0 bridgehead atoms. The van der Waals surface area contributed by atoms with Gasteiger partial charge in [-0.15, -0.1) is 0 Å². The second-order valence-corrected chi connectivity index (χ2v) is 21.6. The van der Waals surface area contributed by atoms with Gasteiger partial charge in [-0.2, -0.15) is 8.42 Å². The van der Waals surface area contributed by atoms with Crippen LogP contribution in [-0.4, -0.2) is 113 Å². The lowest BCUT2D eigenvalue weighted by atomic mass is 10.1. The van der Waals surface area contributed by atoms with Crippen molar-refractivity contribution in [2.75, 3.05) is 68.4 Å². The van der Waals surface area contributed by atoms with Gasteiger partial charge in [0.1, 0.15) is 39.7 Å². The first-order valence-corrected chi connectivity index (χ1v) is 26.4. The highest BCUT2D eigenvalue weighted by Gasteiger charge is 2.38. The van der Waals surface area contributed by atoms with Gasteiger partial charge in [0.05, 0.1) is 57.2 Å². The number of hydrogen-bond donors (Lipinski definition) is 3. The van der Waals surface area contributed by atoms with Crippen molar-refractivity contribution in [2.45, 2.75) is 54.7 Å². The van der Waals surface area contributed by atoms with Gasteiger partial charge in [0.2, 0.25) is 10.9 Å². The predicted molar refractivity (Wildman–Crippen MR) is 268 cm³/mol. The van der Waals surface area contributed by atoms with Gasteiger partial charge in [-0.3, -0.25) is 23.9 Å². The van der Waals surface area contributed by atoms with E-state index in [0.29, 0.717) is 127 Å². The largest absolute Gasteiger partial charge is 0.519 e. The van der Waals surface area contributed by atoms with E-state index >= 15 is 8.78 Å². The number of nitrogens with zero attached hydrogens (tertiary/aromatic N) is 6. The van der Waals surface area contributed by atoms with Gasteiger partial charge in [-0.25, -0.2) is 28.0 Å². The molecule has 0 aliphatic carbocycles. The van der Waals surface area contributed by atoms with Crippen molar-refractivity contribution in [1.29, 1.82) is 0 Å². The van der Waals surface area contributed by atoms with Crippen LogP contribution < -0.4 is 32.3 Å². The van der Waals surface area contributed by atoms with Crippen LogP contribution in [0.3, 0.4) is 0 Å². The highest BCUT2D eigenvalue weighted by molar-refractivity contribution is 8.00. The van der Waals surface area contributed by atoms with E-state index in [1.165, 1.54) is 23.5 Å². The van der Waals surface area contributed by atoms with Gasteiger partial charge in [-0.1, -0.05) is 53.9 Å². The number of piperazine rings is 2. The molecule has 0 amide bonds. The number of hydrogen-bond acceptors (Lipinski definition) is 18. The molecule has 74 heavy (non-hydrogen) atoms. The molecular formula is C48H46F2N6O15S3. The molecule has 11 rings (SSSR count). The van der Waals surface area contributed by atoms with Crippen LogP contribution in [0.15, 0.2) is 101 Å². The molecule has 2 fully saturated rings. The molecular weight excluding hydrogens is 1030 g/mol. The maximum atomic E-state index is 15.4. The Hall–Kier alpha value is -6.97. The summed E-state index contributed by atoms with van der Waals surface area (Å²) in [5.41, 5.74) is 0.771. The number of carboxylic acids is 2. The Morgan fingerprint density at radius 1 is 0.649 bits per heavy atom. The number of carboxylic acid groups (broad SMARTS) is 2. The number of pyridine rings is 2. The summed E-state index contributed by atoms with van der Waals surface area (Å²) in [5, 5.41) is 19.8. The third-order valence-electron chi connectivity index (χ3n) is 12.9. The van der Waals surface area contributed by atoms with Crippen LogP contribution >= 0.6 is 23.5 Å². The van der Waals surface area contributed by atoms with E-state index in [1.807, 2.05) is 51.6 Å². The molecule has 3 aromatic carbocycles. The number of benzene rings is 3. The van der Waals surface area contributed by atoms with Gasteiger partial charge in [0.25, 0.3) is 10.1 Å². The van der Waals surface area contributed by atoms with E-state index < -0.39 is 56.2 Å². The zero-order valence-corrected chi connectivity index (χ0v) is 42.3. The zero-order valence-electron chi connectivity index (χ0n) is 39.8. The Balaban J connectivity index is 0.000000168. The molecule has 0 spiro atoms. The lowest BCUT2D eigenvalue weighted by molar-refractivity contribution is 0.0678. The summed E-state index contributed by atoms with van der Waals surface area (Å²) in [7, 11) is -3.67. The second kappa shape index (κ2) is 20.4. The summed E-state index contributed by atoms with van der Waals surface area (Å²) in [6.45, 7) is 10.7. The fourth-order valence-corrected chi connectivity index (χ4v) is 11.8. The maximum Gasteiger partial charge on any atom is 0.519 e. The summed E-state index contributed by atoms with van der Waals surface area (Å²) in [6.07, 6.45) is 0.715. The molecule has 21 nitrogen and oxygen atoms in total. The van der Waals surface area contributed by atoms with Crippen LogP contribution in [0.1, 0.15) is 67.0 Å². The fourth-order valence-electron chi connectivity index (χ4n) is 9.32. The highest BCUT2D eigenvalue weighted by Crippen LogP contribution is 2.51. The first kappa shape index (κ1) is 51.9. The lowest BCUT2D eigenvalue weighted by Crippen LogP contribution is -2.46. The Kier molecular flexibility index (Phi) is 14.3. The summed E-state index contributed by atoms with van der Waals surface area (Å²) in [5.74, 6) is -3.34. The summed E-state index contributed by atoms with van der Waals surface area (Å²) in [4.78, 5) is 79.9. The van der Waals surface area contributed by atoms with Gasteiger partial charge >= 0.3 is 23.6 Å². The van der Waals surface area contributed by atoms with Crippen molar-refractivity contribution in [3.63, 3.8) is 0 Å². The Morgan fingerprint density at radius 2 is 1.05 bits per heavy atom. The Morgan fingerprint density at radius 3 is 1.43 bits per heavy atom. The van der Waals surface area contributed by atoms with E-state index in [4.69, 9.17) is 22.2 Å². The topological polar surface area (TPSA) is 273 Å². The van der Waals surface area contributed by atoms with Crippen molar-refractivity contribution in [3.05, 3.63) is 148 Å². The van der Waals surface area contributed by atoms with Gasteiger partial charge in [0.15, 0.2) is 11.5 Å². The summed E-state index contributed by atoms with van der Waals surface area (Å²) >= 11 is 2.63. The predicted octanol–water partition coefficient (Wildman–Crippen LogP) is 5.81. The summed E-state index contributed by atoms with van der Waals surface area (Å²) < 4.78 is 79.9. The average Bonchev–Trinajstić information content (AvgIpc) is 3.82. The van der Waals surface area contributed by atoms with Crippen LogP contribution in [-0.2, 0) is 23.2 Å². The van der Waals surface area contributed by atoms with Crippen molar-refractivity contribution >= 4 is 78.8 Å². The molecule has 0 radical (unpaired) electrons. The Bertz CT molecular complexity index is 3730. The molecule has 26 heteroatoms. The monoisotopic (exact) mass is 1080 g/mol. The molecule has 3 N–H and O–H groups in total. The van der Waals surface area contributed by atoms with Crippen LogP contribution in [0.5, 0.6) is 0 Å². The number of aryl methyl sites for hydroxylation is 2. The normalized spacial score (nSPS) is 17.6. The standard InChI is InChI=1S/C26H22FN3O6S.C21H20FN3O6S.CH4O3S/c1-14-20(36-26(34)35-14)13-28-7-9-29(10-8-28)19-12-18-16(11-17(19)27)22(31)21(25(32)33)24-30(18)23(37-24)15-5-3-2-4-6-15;1-10-16(31-21(29)30-10)9-23-3-5-24(6-4-23)15-8-14-12(7-13(15)22)18(26)17(20(27)28)19-25(14)11(2)32-19;1-5(2,3)4/h2-6,11-12,23H,7-10,13H2,1H3,(H,32,33);7-8,11H,3-6,9H2,1-2H3,(H,27,28);1H3,(H,2,3,4). The SMILES string of the molecule is CS(=O)(=O)O.Cc1oc(=O)oc1CN1CCN(c2cc3c(cc2F)c(=O)c(C(=O)O)c2n3C(C)S2)CC1.Cc1oc(=O)oc1CN1CCN(c2cc3c(cc2F)c(=O)c(C(=O)O)c2n3C(c3ccccc3)S2)CC1. The minimum Gasteiger partial charge on any atom is -0.477 e. The van der Waals surface area contributed by atoms with E-state index in [1.54, 1.807) is 30.5 Å². The summed E-state index contributed by atoms with van der Waals surface area (Å²) in [6, 6.07) is 15.2. The number of fused-ring (bicyclic) bond motifs is 6. The van der Waals surface area contributed by atoms with Crippen molar-refractivity contribution in [1.82, 2.24) is 18.9 Å². The van der Waals surface area contributed by atoms with Crippen LogP contribution in [0.25, 0.3) is 21.8 Å². The number of aromatic nitrogens is 2. The fraction of sp³-hybridized carbons (Fsp3) is 0.333. The van der Waals surface area contributed by atoms with E-state index in [9.17, 15) is 47.4 Å². The van der Waals surface area contributed by atoms with Gasteiger partial charge in [0, 0.05) is 63.1 Å². The molecule has 2 atom stereocenters. The van der Waals surface area contributed by atoms with Crippen LogP contribution in [0.2, 0.25) is 0 Å². The van der Waals surface area contributed by atoms with Crippen molar-refractivity contribution in [3.8, 4) is 0 Å². The second-order valence-electron chi connectivity index (χ2n) is 17.7. The molecule has 4 aliphatic rings. The minimum absolute atomic E-state index is 0.0470. The Labute approximate surface area is 425 Å². The van der Waals surface area contributed by atoms with E-state index in [0.717, 1.165) is 17.7 Å². The molecule has 4 aliphatic heterocycles. The van der Waals surface area contributed by atoms with E-state index in [-0.39, 0.29) is 32.6 Å². The quantitative estimate of drug-likeness (QED) is 0.144. The maximum absolute atomic E-state index is 15.4. The van der Waals surface area contributed by atoms with Crippen LogP contribution in [0.4, 0.5) is 20.2 Å². The first-order chi connectivity index (χ1) is 35.1. The number of carbonyl (C=O) groups is 2. The van der Waals surface area contributed by atoms with Crippen LogP contribution in [0, 0.1) is 25.5 Å². The number of anilines is 2. The van der Waals surface area contributed by atoms with Gasteiger partial charge < -0.3 is 46.8 Å². The highest BCUT2D eigenvalue weighted by atomic mass is 32.2. The first-order valence-electron chi connectivity index (χ1n) is 22.8. The molecule has 4 aromatic heterocycles. The van der Waals surface area contributed by atoms with Crippen molar-refractivity contribution < 1.29 is 59.2 Å². The number of rotatable bonds is 9. The molecule has 2 unspecified atom stereocenters. The minimum atomic E-state index is -3.67. The van der Waals surface area contributed by atoms with E-state index in [2.05, 4.69) is 9.80 Å². The average molecular weight is 1080 g/mol. The molecule has 2 saturated heterocycles. The third kappa shape index (κ3) is 10.3. The molecule has 8 heterocycles. The molecule has 7 aromatic rings. The molecule has 0 saturated carbocycles. The third-order valence-corrected chi connectivity index (χ3v) is 15.4. The molecule has 390 valence electrons. The van der Waals surface area contributed by atoms with Gasteiger partial charge in [-0.05, 0) is 50.6 Å². The number of thioether (sulfide) groups is 2. The smallest absolute Gasteiger partial charge is 0.477 e. The number of aromatic carboxylic acids is 2. The lowest BCUT2D eigenvalue weighted by Gasteiger charge is -2.37.